The third kappa shape index (κ3) is 13.7. The summed E-state index contributed by atoms with van der Waals surface area (Å²) in [6.45, 7) is 21.2. The van der Waals surface area contributed by atoms with E-state index in [9.17, 15) is 14.4 Å². The molecule has 3 amide bonds. The van der Waals surface area contributed by atoms with Gasteiger partial charge < -0.3 is 45.6 Å². The summed E-state index contributed by atoms with van der Waals surface area (Å²) in [5.74, 6) is 2.06. The Morgan fingerprint density at radius 2 is 0.657 bits per heavy atom. The largest absolute Gasteiger partial charge is 0.360 e. The average molecular weight is 1470 g/mol. The molecule has 24 heteroatoms. The minimum Gasteiger partial charge on any atom is -0.360 e. The lowest BCUT2D eigenvalue weighted by Gasteiger charge is -2.49. The molecule has 0 radical (unpaired) electrons. The second-order valence-electron chi connectivity index (χ2n) is 30.9. The Hall–Kier alpha value is -8.70. The summed E-state index contributed by atoms with van der Waals surface area (Å²) in [4.78, 5) is 88.1. The summed E-state index contributed by atoms with van der Waals surface area (Å²) in [5.41, 5.74) is 8.99. The second kappa shape index (κ2) is 28.9. The number of carbonyl (C=O) groups is 3. The quantitative estimate of drug-likeness (QED) is 0.0524. The molecular formula is C81H93Cl3N18O3. The highest BCUT2D eigenvalue weighted by molar-refractivity contribution is 6.34. The number of hydrogen-bond donors (Lipinski definition) is 6. The monoisotopic (exact) mass is 1470 g/mol. The molecule has 18 rings (SSSR count). The Kier molecular flexibility index (Phi) is 19.4. The lowest BCUT2D eigenvalue weighted by atomic mass is 9.77. The third-order valence-electron chi connectivity index (χ3n) is 25.3. The molecule has 546 valence electrons. The van der Waals surface area contributed by atoms with E-state index in [2.05, 4.69) is 117 Å². The van der Waals surface area contributed by atoms with Crippen LogP contribution in [0.2, 0.25) is 15.1 Å². The van der Waals surface area contributed by atoms with Gasteiger partial charge in [-0.25, -0.2) is 29.9 Å². The Bertz CT molecular complexity index is 4310. The van der Waals surface area contributed by atoms with Gasteiger partial charge in [-0.05, 0) is 152 Å². The normalized spacial score (nSPS) is 26.7. The lowest BCUT2D eigenvalue weighted by molar-refractivity contribution is -0.129. The number of aromatic amines is 3. The van der Waals surface area contributed by atoms with Crippen LogP contribution in [0, 0.1) is 0 Å². The predicted molar refractivity (Wildman–Crippen MR) is 418 cm³/mol. The number of fused-ring (bicyclic) bond motifs is 9. The van der Waals surface area contributed by atoms with Crippen LogP contribution < -0.4 is 16.0 Å². The molecule has 6 aromatic heterocycles. The van der Waals surface area contributed by atoms with Crippen molar-refractivity contribution in [3.63, 3.8) is 0 Å². The first-order chi connectivity index (χ1) is 51.0. The number of halogens is 3. The molecule has 6 N–H and O–H groups in total. The van der Waals surface area contributed by atoms with Crippen LogP contribution in [0.5, 0.6) is 0 Å². The molecular weight excluding hydrogens is 1380 g/mol. The number of H-pyrrole nitrogens is 3. The third-order valence-corrected chi connectivity index (χ3v) is 26.1. The molecule has 9 heterocycles. The predicted octanol–water partition coefficient (Wildman–Crippen LogP) is 14.6. The molecule has 9 aromatic rings. The smallest absolute Gasteiger partial charge is 0.246 e. The van der Waals surface area contributed by atoms with Gasteiger partial charge >= 0.3 is 0 Å². The molecule has 6 saturated carbocycles. The van der Waals surface area contributed by atoms with E-state index in [1.54, 1.807) is 18.6 Å². The molecule has 6 bridgehead atoms. The Morgan fingerprint density at radius 1 is 0.381 bits per heavy atom. The second-order valence-corrected chi connectivity index (χ2v) is 32.2. The molecule has 3 aromatic carbocycles. The number of piperazine rings is 3. The van der Waals surface area contributed by atoms with Crippen LogP contribution in [-0.2, 0) is 14.4 Å². The van der Waals surface area contributed by atoms with E-state index in [1.807, 2.05) is 69.7 Å². The number of para-hydroxylation sites is 3. The van der Waals surface area contributed by atoms with Crippen molar-refractivity contribution in [1.82, 2.24) is 74.3 Å². The number of carbonyl (C=O) groups excluding carboxylic acids is 3. The van der Waals surface area contributed by atoms with E-state index < -0.39 is 0 Å². The number of hydrogen-bond acceptors (Lipinski definition) is 15. The molecule has 6 aliphatic carbocycles. The van der Waals surface area contributed by atoms with Gasteiger partial charge in [0, 0.05) is 180 Å². The Balaban J connectivity index is 0.000000121. The summed E-state index contributed by atoms with van der Waals surface area (Å²) in [6.07, 6.45) is 36.0. The minimum absolute atomic E-state index is 0.00235. The molecule has 3 aliphatic heterocycles. The van der Waals surface area contributed by atoms with Crippen LogP contribution >= 0.6 is 34.8 Å². The zero-order chi connectivity index (χ0) is 72.1. The van der Waals surface area contributed by atoms with Crippen LogP contribution in [-0.4, -0.2) is 204 Å². The van der Waals surface area contributed by atoms with Gasteiger partial charge in [-0.2, -0.15) is 0 Å². The number of nitrogens with zero attached hydrogens (tertiary/aromatic N) is 12. The molecule has 21 nitrogen and oxygen atoms in total. The maximum atomic E-state index is 12.0. The van der Waals surface area contributed by atoms with E-state index in [-0.39, 0.29) is 51.0 Å². The number of amides is 3. The summed E-state index contributed by atoms with van der Waals surface area (Å²) >= 11 is 19.7. The molecule has 2 unspecified atom stereocenters. The van der Waals surface area contributed by atoms with Gasteiger partial charge in [-0.3, -0.25) is 29.1 Å². The highest BCUT2D eigenvalue weighted by Gasteiger charge is 2.57. The molecule has 6 atom stereocenters. The molecule has 105 heavy (non-hydrogen) atoms. The van der Waals surface area contributed by atoms with E-state index in [0.717, 1.165) is 222 Å². The van der Waals surface area contributed by atoms with Gasteiger partial charge in [0.05, 0.1) is 50.7 Å². The number of rotatable bonds is 15. The highest BCUT2D eigenvalue weighted by Crippen LogP contribution is 2.56. The maximum Gasteiger partial charge on any atom is 0.246 e. The van der Waals surface area contributed by atoms with Crippen LogP contribution in [0.3, 0.4) is 0 Å². The van der Waals surface area contributed by atoms with Crippen molar-refractivity contribution >= 4 is 103 Å². The molecule has 3 saturated heterocycles. The van der Waals surface area contributed by atoms with E-state index in [1.165, 1.54) is 56.8 Å². The van der Waals surface area contributed by atoms with Crippen molar-refractivity contribution in [2.24, 2.45) is 0 Å². The van der Waals surface area contributed by atoms with Crippen molar-refractivity contribution in [3.05, 3.63) is 163 Å². The van der Waals surface area contributed by atoms with Crippen LogP contribution in [0.1, 0.15) is 116 Å². The van der Waals surface area contributed by atoms with Crippen molar-refractivity contribution < 1.29 is 14.4 Å². The zero-order valence-electron chi connectivity index (χ0n) is 59.7. The van der Waals surface area contributed by atoms with Gasteiger partial charge in [-0.1, -0.05) is 109 Å². The number of nitrogens with one attached hydrogen (secondary N) is 6. The van der Waals surface area contributed by atoms with Crippen molar-refractivity contribution in [3.8, 4) is 33.8 Å². The fourth-order valence-corrected chi connectivity index (χ4v) is 20.7. The average Bonchev–Trinajstić information content (AvgIpc) is 1.61. The number of anilines is 3. The van der Waals surface area contributed by atoms with Gasteiger partial charge in [-0.15, -0.1) is 0 Å². The lowest BCUT2D eigenvalue weighted by Crippen LogP contribution is -2.59. The van der Waals surface area contributed by atoms with Crippen molar-refractivity contribution in [2.75, 3.05) is 94.5 Å². The Labute approximate surface area is 628 Å². The Morgan fingerprint density at radius 3 is 0.933 bits per heavy atom. The van der Waals surface area contributed by atoms with Crippen LogP contribution in [0.25, 0.3) is 66.5 Å². The van der Waals surface area contributed by atoms with E-state index in [4.69, 9.17) is 49.8 Å². The minimum atomic E-state index is -0.00235. The maximum absolute atomic E-state index is 12.0. The van der Waals surface area contributed by atoms with E-state index in [0.29, 0.717) is 32.9 Å². The fraction of sp³-hybridized carbons (Fsp3) is 0.444. The SMILES string of the molecule is C=CC(=O)N1CCN(C23CCCC(Nc4ncc(Cl)c(-c5c[nH]c6ccccc56)n4)(CC2)C3)CC1.C=CC(=O)N1CCN([C@@]23CCC[C@@](Nc4ncc(Cl)c(-c5c[nH]c6ccccc56)n4)(CC2)C3)CC1.C=CC(=O)N1CCN([C@]23CCC[C@](Nc4ncc(Cl)c(-c5c[nH]c6ccccc56)n4)(CC2)C3)CC1. The zero-order valence-corrected chi connectivity index (χ0v) is 62.0. The van der Waals surface area contributed by atoms with Gasteiger partial charge in [0.25, 0.3) is 0 Å². The van der Waals surface area contributed by atoms with Gasteiger partial charge in [0.15, 0.2) is 0 Å². The number of benzene rings is 3. The first kappa shape index (κ1) is 70.6. The summed E-state index contributed by atoms with van der Waals surface area (Å²) in [6, 6.07) is 24.5. The summed E-state index contributed by atoms with van der Waals surface area (Å²) < 4.78 is 0. The molecule has 9 aliphatic rings. The van der Waals surface area contributed by atoms with Gasteiger partial charge in [0.1, 0.15) is 0 Å². The van der Waals surface area contributed by atoms with Crippen molar-refractivity contribution in [2.45, 2.75) is 149 Å². The highest BCUT2D eigenvalue weighted by atomic mass is 35.5. The topological polar surface area (TPSA) is 231 Å². The van der Waals surface area contributed by atoms with Crippen molar-refractivity contribution in [1.29, 1.82) is 0 Å². The first-order valence-electron chi connectivity index (χ1n) is 37.6. The summed E-state index contributed by atoms with van der Waals surface area (Å²) in [5, 5.41) is 16.3. The van der Waals surface area contributed by atoms with Crippen LogP contribution in [0.15, 0.2) is 148 Å². The fourth-order valence-electron chi connectivity index (χ4n) is 20.1. The summed E-state index contributed by atoms with van der Waals surface area (Å²) in [7, 11) is 0. The van der Waals surface area contributed by atoms with E-state index >= 15 is 0 Å². The first-order valence-corrected chi connectivity index (χ1v) is 38.8. The van der Waals surface area contributed by atoms with Crippen LogP contribution in [0.4, 0.5) is 17.8 Å². The molecule has 9 fully saturated rings. The van der Waals surface area contributed by atoms with Gasteiger partial charge in [0.2, 0.25) is 35.6 Å². The standard InChI is InChI=1S/3C27H31ClN6O/c3*1-2-23(35)33-12-14-34(15-13-33)27-9-5-8-26(18-27,10-11-27)32-25-30-17-21(28)24(31-25)20-16-29-22-7-4-3-6-19(20)22/h3*2-4,6-7,16-17,29H,1,5,8-15,18H2,(H,30,31,32)/t2*26-,27+;/m10./s1. The molecule has 0 spiro atoms. The number of aromatic nitrogens is 9.